The topological polar surface area (TPSA) is 43.1 Å². The summed E-state index contributed by atoms with van der Waals surface area (Å²) in [4.78, 5) is 12.6. The van der Waals surface area contributed by atoms with Gasteiger partial charge in [0.1, 0.15) is 0 Å². The molecular weight excluding hydrogens is 269 g/mol. The van der Waals surface area contributed by atoms with Crippen molar-refractivity contribution in [3.8, 4) is 0 Å². The van der Waals surface area contributed by atoms with Crippen molar-refractivity contribution in [2.24, 2.45) is 11.7 Å². The van der Waals surface area contributed by atoms with E-state index in [-0.39, 0.29) is 5.78 Å². The van der Waals surface area contributed by atoms with Crippen LogP contribution in [0.4, 0.5) is 0 Å². The highest BCUT2D eigenvalue weighted by Crippen LogP contribution is 2.35. The van der Waals surface area contributed by atoms with Crippen LogP contribution in [0.1, 0.15) is 43.0 Å². The number of carbonyl (C=O) groups is 1. The fourth-order valence-corrected chi connectivity index (χ4v) is 3.13. The average Bonchev–Trinajstić information content (AvgIpc) is 2.31. The SMILES string of the molecule is CC1CCCC(N)(C(=O)c2cccc(Cl)c2Cl)C1. The fourth-order valence-electron chi connectivity index (χ4n) is 2.75. The third-order valence-corrected chi connectivity index (χ3v) is 4.50. The number of hydrogen-bond acceptors (Lipinski definition) is 2. The Morgan fingerprint density at radius 2 is 2.17 bits per heavy atom. The van der Waals surface area contributed by atoms with E-state index < -0.39 is 5.54 Å². The summed E-state index contributed by atoms with van der Waals surface area (Å²) in [5, 5.41) is 0.710. The standard InChI is InChI=1S/C14H17Cl2NO/c1-9-4-3-7-14(17,8-9)13(18)10-5-2-6-11(15)12(10)16/h2,5-6,9H,3-4,7-8,17H2,1H3. The minimum atomic E-state index is -0.786. The molecule has 1 saturated carbocycles. The van der Waals surface area contributed by atoms with Gasteiger partial charge >= 0.3 is 0 Å². The first kappa shape index (κ1) is 13.9. The number of halogens is 2. The molecule has 98 valence electrons. The molecule has 0 bridgehead atoms. The van der Waals surface area contributed by atoms with E-state index in [1.54, 1.807) is 18.2 Å². The molecule has 0 saturated heterocycles. The van der Waals surface area contributed by atoms with Crippen LogP contribution >= 0.6 is 23.2 Å². The van der Waals surface area contributed by atoms with Crippen molar-refractivity contribution >= 4 is 29.0 Å². The summed E-state index contributed by atoms with van der Waals surface area (Å²) < 4.78 is 0. The van der Waals surface area contributed by atoms with Crippen molar-refractivity contribution in [3.63, 3.8) is 0 Å². The van der Waals surface area contributed by atoms with E-state index >= 15 is 0 Å². The maximum atomic E-state index is 12.6. The number of Topliss-reactive ketones (excluding diaryl/α,β-unsaturated/α-hetero) is 1. The molecule has 0 spiro atoms. The number of hydrogen-bond donors (Lipinski definition) is 1. The lowest BCUT2D eigenvalue weighted by Gasteiger charge is -2.35. The van der Waals surface area contributed by atoms with Gasteiger partial charge in [0.25, 0.3) is 0 Å². The van der Waals surface area contributed by atoms with Crippen molar-refractivity contribution in [3.05, 3.63) is 33.8 Å². The number of ketones is 1. The van der Waals surface area contributed by atoms with Crippen LogP contribution in [0.3, 0.4) is 0 Å². The molecule has 2 rings (SSSR count). The van der Waals surface area contributed by atoms with Crippen molar-refractivity contribution in [2.45, 2.75) is 38.1 Å². The molecule has 0 radical (unpaired) electrons. The van der Waals surface area contributed by atoms with Gasteiger partial charge in [0.15, 0.2) is 5.78 Å². The van der Waals surface area contributed by atoms with Crippen LogP contribution in [0.2, 0.25) is 10.0 Å². The lowest BCUT2D eigenvalue weighted by Crippen LogP contribution is -2.51. The van der Waals surface area contributed by atoms with Gasteiger partial charge in [-0.2, -0.15) is 0 Å². The number of benzene rings is 1. The number of rotatable bonds is 2. The van der Waals surface area contributed by atoms with Crippen molar-refractivity contribution < 1.29 is 4.79 Å². The van der Waals surface area contributed by atoms with Crippen molar-refractivity contribution in [1.29, 1.82) is 0 Å². The second-order valence-electron chi connectivity index (χ2n) is 5.29. The molecule has 18 heavy (non-hydrogen) atoms. The quantitative estimate of drug-likeness (QED) is 0.832. The Labute approximate surface area is 117 Å². The highest BCUT2D eigenvalue weighted by molar-refractivity contribution is 6.44. The van der Waals surface area contributed by atoms with Crippen LogP contribution < -0.4 is 5.73 Å². The highest BCUT2D eigenvalue weighted by Gasteiger charge is 2.39. The van der Waals surface area contributed by atoms with Gasteiger partial charge in [-0.1, -0.05) is 49.0 Å². The van der Waals surface area contributed by atoms with Gasteiger partial charge in [-0.25, -0.2) is 0 Å². The largest absolute Gasteiger partial charge is 0.319 e. The zero-order valence-electron chi connectivity index (χ0n) is 10.4. The van der Waals surface area contributed by atoms with Crippen molar-refractivity contribution in [1.82, 2.24) is 0 Å². The molecule has 1 aliphatic carbocycles. The maximum absolute atomic E-state index is 12.6. The molecule has 0 amide bonds. The third kappa shape index (κ3) is 2.56. The summed E-state index contributed by atoms with van der Waals surface area (Å²) in [7, 11) is 0. The molecule has 1 aliphatic rings. The van der Waals surface area contributed by atoms with Crippen LogP contribution in [0, 0.1) is 5.92 Å². The molecule has 2 nitrogen and oxygen atoms in total. The predicted molar refractivity (Wildman–Crippen MR) is 75.3 cm³/mol. The number of nitrogens with two attached hydrogens (primary N) is 1. The van der Waals surface area contributed by atoms with E-state index in [0.717, 1.165) is 19.3 Å². The molecular formula is C14H17Cl2NO. The van der Waals surface area contributed by atoms with Crippen LogP contribution in [-0.2, 0) is 0 Å². The lowest BCUT2D eigenvalue weighted by atomic mass is 9.73. The summed E-state index contributed by atoms with van der Waals surface area (Å²) >= 11 is 12.0. The molecule has 1 fully saturated rings. The smallest absolute Gasteiger partial charge is 0.184 e. The van der Waals surface area contributed by atoms with Crippen LogP contribution in [0.15, 0.2) is 18.2 Å². The third-order valence-electron chi connectivity index (χ3n) is 3.68. The summed E-state index contributed by atoms with van der Waals surface area (Å²) in [6, 6.07) is 5.11. The molecule has 2 N–H and O–H groups in total. The first-order chi connectivity index (χ1) is 8.44. The predicted octanol–water partition coefficient (Wildman–Crippen LogP) is 4.08. The van der Waals surface area contributed by atoms with Gasteiger partial charge in [0.05, 0.1) is 15.6 Å². The Morgan fingerprint density at radius 3 is 2.83 bits per heavy atom. The van der Waals surface area contributed by atoms with E-state index in [9.17, 15) is 4.79 Å². The number of carbonyl (C=O) groups excluding carboxylic acids is 1. The maximum Gasteiger partial charge on any atom is 0.184 e. The van der Waals surface area contributed by atoms with E-state index in [1.807, 2.05) is 0 Å². The monoisotopic (exact) mass is 285 g/mol. The molecule has 2 unspecified atom stereocenters. The van der Waals surface area contributed by atoms with E-state index in [2.05, 4.69) is 6.92 Å². The van der Waals surface area contributed by atoms with Crippen LogP contribution in [0.25, 0.3) is 0 Å². The van der Waals surface area contributed by atoms with E-state index in [1.165, 1.54) is 0 Å². The molecule has 4 heteroatoms. The Bertz CT molecular complexity index is 475. The summed E-state index contributed by atoms with van der Waals surface area (Å²) in [6.45, 7) is 2.13. The average molecular weight is 286 g/mol. The second kappa shape index (κ2) is 5.20. The summed E-state index contributed by atoms with van der Waals surface area (Å²) in [5.74, 6) is 0.396. The Morgan fingerprint density at radius 1 is 1.44 bits per heavy atom. The minimum absolute atomic E-state index is 0.0819. The molecule has 0 aliphatic heterocycles. The minimum Gasteiger partial charge on any atom is -0.319 e. The Kier molecular flexibility index (Phi) is 4.00. The van der Waals surface area contributed by atoms with E-state index in [4.69, 9.17) is 28.9 Å². The molecule has 2 atom stereocenters. The zero-order valence-corrected chi connectivity index (χ0v) is 11.9. The first-order valence-corrected chi connectivity index (χ1v) is 6.97. The van der Waals surface area contributed by atoms with Crippen molar-refractivity contribution in [2.75, 3.05) is 0 Å². The highest BCUT2D eigenvalue weighted by atomic mass is 35.5. The van der Waals surface area contributed by atoms with Gasteiger partial charge in [-0.05, 0) is 30.9 Å². The van der Waals surface area contributed by atoms with Gasteiger partial charge in [0.2, 0.25) is 0 Å². The normalized spacial score (nSPS) is 28.1. The second-order valence-corrected chi connectivity index (χ2v) is 6.07. The molecule has 0 aromatic heterocycles. The van der Waals surface area contributed by atoms with Gasteiger partial charge in [0, 0.05) is 5.56 Å². The van der Waals surface area contributed by atoms with E-state index in [0.29, 0.717) is 27.9 Å². The van der Waals surface area contributed by atoms with Crippen LogP contribution in [-0.4, -0.2) is 11.3 Å². The van der Waals surface area contributed by atoms with Gasteiger partial charge in [-0.15, -0.1) is 0 Å². The first-order valence-electron chi connectivity index (χ1n) is 6.22. The zero-order chi connectivity index (χ0) is 13.3. The summed E-state index contributed by atoms with van der Waals surface area (Å²) in [6.07, 6.45) is 3.56. The molecule has 0 heterocycles. The molecule has 1 aromatic carbocycles. The lowest BCUT2D eigenvalue weighted by molar-refractivity contribution is 0.0820. The summed E-state index contributed by atoms with van der Waals surface area (Å²) in [5.41, 5.74) is 5.95. The Balaban J connectivity index is 2.33. The Hall–Kier alpha value is -0.570. The van der Waals surface area contributed by atoms with Crippen LogP contribution in [0.5, 0.6) is 0 Å². The van der Waals surface area contributed by atoms with Gasteiger partial charge < -0.3 is 5.73 Å². The molecule has 1 aromatic rings. The van der Waals surface area contributed by atoms with Gasteiger partial charge in [-0.3, -0.25) is 4.79 Å². The fraction of sp³-hybridized carbons (Fsp3) is 0.500.